The lowest BCUT2D eigenvalue weighted by Crippen LogP contribution is -2.48. The van der Waals surface area contributed by atoms with Crippen molar-refractivity contribution in [2.45, 2.75) is 12.4 Å². The van der Waals surface area contributed by atoms with Gasteiger partial charge < -0.3 is 45.4 Å². The highest BCUT2D eigenvalue weighted by Crippen LogP contribution is 2.27. The number of hydrogen-bond donors (Lipinski definition) is 5. The van der Waals surface area contributed by atoms with Crippen LogP contribution in [0, 0.1) is 24.7 Å². The number of nitrogens with zero attached hydrogens (tertiary/aromatic N) is 5. The zero-order chi connectivity index (χ0) is 39.3. The number of aromatic hydroxyl groups is 2. The Morgan fingerprint density at radius 3 is 1.76 bits per heavy atom. The predicted octanol–water partition coefficient (Wildman–Crippen LogP) is 3.59. The van der Waals surface area contributed by atoms with Gasteiger partial charge in [-0.1, -0.05) is 36.1 Å². The van der Waals surface area contributed by atoms with Crippen LogP contribution in [0.15, 0.2) is 60.9 Å². The zero-order valence-corrected chi connectivity index (χ0v) is 31.6. The Hall–Kier alpha value is -5.35. The number of terminal acetylenes is 2. The second kappa shape index (κ2) is 23.4. The van der Waals surface area contributed by atoms with Crippen molar-refractivity contribution in [3.8, 4) is 36.2 Å². The first-order chi connectivity index (χ1) is 26.9. The van der Waals surface area contributed by atoms with E-state index in [2.05, 4.69) is 42.7 Å². The van der Waals surface area contributed by atoms with E-state index in [9.17, 15) is 19.8 Å². The van der Waals surface area contributed by atoms with Crippen molar-refractivity contribution in [3.05, 3.63) is 72.1 Å². The van der Waals surface area contributed by atoms with Crippen LogP contribution in [0.25, 0.3) is 21.8 Å². The van der Waals surface area contributed by atoms with Crippen molar-refractivity contribution in [3.63, 3.8) is 0 Å². The fourth-order valence-electron chi connectivity index (χ4n) is 5.79. The van der Waals surface area contributed by atoms with Gasteiger partial charge in [-0.05, 0) is 35.4 Å². The van der Waals surface area contributed by atoms with E-state index in [1.807, 2.05) is 36.4 Å². The average Bonchev–Trinajstić information content (AvgIpc) is 3.23. The number of rotatable bonds is 11. The minimum Gasteiger partial charge on any atom is -0.506 e. The van der Waals surface area contributed by atoms with Gasteiger partial charge in [0.2, 0.25) is 0 Å². The van der Waals surface area contributed by atoms with Crippen LogP contribution >= 0.6 is 11.6 Å². The highest BCUT2D eigenvalue weighted by atomic mass is 35.5. The summed E-state index contributed by atoms with van der Waals surface area (Å²) in [6.07, 6.45) is 13.0. The van der Waals surface area contributed by atoms with Crippen molar-refractivity contribution in [1.29, 1.82) is 0 Å². The molecule has 55 heavy (non-hydrogen) atoms. The molecular weight excluding hydrogens is 724 g/mol. The van der Waals surface area contributed by atoms with Crippen LogP contribution in [-0.2, 0) is 21.9 Å². The number of phenolic OH excluding ortho intramolecular Hbond substituents is 2. The van der Waals surface area contributed by atoms with Crippen LogP contribution in [0.5, 0.6) is 11.5 Å². The van der Waals surface area contributed by atoms with Gasteiger partial charge in [0, 0.05) is 102 Å². The minimum absolute atomic E-state index is 0. The third-order valence-corrected chi connectivity index (χ3v) is 8.97. The molecule has 2 aliphatic rings. The maximum atomic E-state index is 12.1. The Morgan fingerprint density at radius 1 is 0.764 bits per heavy atom. The van der Waals surface area contributed by atoms with E-state index < -0.39 is 0 Å². The van der Waals surface area contributed by atoms with E-state index in [-0.39, 0.29) is 25.1 Å². The summed E-state index contributed by atoms with van der Waals surface area (Å²) >= 11 is 5.75. The van der Waals surface area contributed by atoms with E-state index in [1.165, 1.54) is 0 Å². The molecule has 4 heterocycles. The molecule has 4 aromatic rings. The van der Waals surface area contributed by atoms with Gasteiger partial charge in [-0.15, -0.1) is 24.4 Å². The molecule has 0 saturated carbocycles. The Labute approximate surface area is 328 Å². The first kappa shape index (κ1) is 42.4. The van der Waals surface area contributed by atoms with E-state index in [0.29, 0.717) is 69.4 Å². The Morgan fingerprint density at radius 2 is 1.25 bits per heavy atom. The summed E-state index contributed by atoms with van der Waals surface area (Å²) < 4.78 is 10.3. The molecule has 0 spiro atoms. The van der Waals surface area contributed by atoms with Gasteiger partial charge in [-0.2, -0.15) is 0 Å². The van der Waals surface area contributed by atoms with E-state index in [4.69, 9.17) is 33.9 Å². The smallest absolute Gasteiger partial charge is 0.409 e. The maximum Gasteiger partial charge on any atom is 0.409 e. The first-order valence-corrected chi connectivity index (χ1v) is 18.6. The second-order valence-electron chi connectivity index (χ2n) is 12.4. The standard InChI is InChI=1S/C20H24N4O3.C10H8ClNO.C10H17N3O2.H2/c1-2-7-21-9-14-27-20(26)24-12-10-23(11-13-24)15-16-5-6-18(25)19-17(16)4-3-8-22-19;11-6-7-3-4-9(13)10-8(7)2-1-5-12-10;1-2-3-11-6-9-15-10(14)13-7-4-12-5-8-13;/h1,3-6,8,21,25H,7,9-15H2;1-5,13H,6H2;1,11-12H,3-9H2;1H. The number of phenols is 2. The van der Waals surface area contributed by atoms with Crippen molar-refractivity contribution >= 4 is 45.6 Å². The predicted molar refractivity (Wildman–Crippen MR) is 216 cm³/mol. The largest absolute Gasteiger partial charge is 0.506 e. The summed E-state index contributed by atoms with van der Waals surface area (Å²) in [5, 5.41) is 30.4. The molecule has 0 unspecified atom stereocenters. The SMILES string of the molecule is C#CCNCCOC(=O)N1CCN(Cc2ccc(O)c3ncccc23)CC1.C#CCNCCOC(=O)N1CCNCC1.Oc1ccc(CCl)c2cccnc12.[HH]. The molecule has 0 aliphatic carbocycles. The molecule has 2 aliphatic heterocycles. The van der Waals surface area contributed by atoms with Gasteiger partial charge in [-0.25, -0.2) is 9.59 Å². The lowest BCUT2D eigenvalue weighted by atomic mass is 10.1. The summed E-state index contributed by atoms with van der Waals surface area (Å²) in [6.45, 7) is 9.47. The number of halogens is 1. The lowest BCUT2D eigenvalue weighted by molar-refractivity contribution is 0.0753. The van der Waals surface area contributed by atoms with E-state index >= 15 is 0 Å². The summed E-state index contributed by atoms with van der Waals surface area (Å²) in [7, 11) is 0. The number of ether oxygens (including phenoxy) is 2. The Bertz CT molecular complexity index is 1910. The number of aromatic nitrogens is 2. The van der Waals surface area contributed by atoms with E-state index in [1.54, 1.807) is 34.3 Å². The summed E-state index contributed by atoms with van der Waals surface area (Å²) in [4.78, 5) is 37.6. The number of carbonyl (C=O) groups excluding carboxylic acids is 2. The van der Waals surface area contributed by atoms with Crippen molar-refractivity contribution in [1.82, 2.24) is 40.6 Å². The lowest BCUT2D eigenvalue weighted by Gasteiger charge is -2.34. The molecule has 14 nitrogen and oxygen atoms in total. The number of hydrogen-bond acceptors (Lipinski definition) is 12. The van der Waals surface area contributed by atoms with Crippen LogP contribution in [-0.4, -0.2) is 139 Å². The van der Waals surface area contributed by atoms with Crippen LogP contribution in [0.2, 0.25) is 0 Å². The third kappa shape index (κ3) is 13.5. The molecular formula is C40H51ClN8O6. The molecule has 2 saturated heterocycles. The average molecular weight is 775 g/mol. The number of fused-ring (bicyclic) bond motifs is 2. The summed E-state index contributed by atoms with van der Waals surface area (Å²) in [5.74, 6) is 5.75. The third-order valence-electron chi connectivity index (χ3n) is 8.68. The molecule has 6 rings (SSSR count). The van der Waals surface area contributed by atoms with Gasteiger partial charge in [0.15, 0.2) is 0 Å². The van der Waals surface area contributed by atoms with Crippen LogP contribution in [0.3, 0.4) is 0 Å². The first-order valence-electron chi connectivity index (χ1n) is 18.1. The fraction of sp³-hybridized carbons (Fsp3) is 0.400. The minimum atomic E-state index is -0.281. The van der Waals surface area contributed by atoms with Gasteiger partial charge in [0.05, 0.1) is 13.1 Å². The number of nitrogens with one attached hydrogen (secondary N) is 3. The van der Waals surface area contributed by atoms with Gasteiger partial charge >= 0.3 is 12.2 Å². The number of amides is 2. The molecule has 0 atom stereocenters. The summed E-state index contributed by atoms with van der Waals surface area (Å²) in [5.41, 5.74) is 3.34. The number of alkyl halides is 1. The van der Waals surface area contributed by atoms with Crippen molar-refractivity contribution in [2.24, 2.45) is 0 Å². The molecule has 294 valence electrons. The van der Waals surface area contributed by atoms with Gasteiger partial charge in [0.25, 0.3) is 0 Å². The maximum absolute atomic E-state index is 12.1. The Balaban J connectivity index is 0.000000245. The van der Waals surface area contributed by atoms with Crippen LogP contribution in [0.4, 0.5) is 9.59 Å². The monoisotopic (exact) mass is 774 g/mol. The highest BCUT2D eigenvalue weighted by molar-refractivity contribution is 6.18. The topological polar surface area (TPSA) is 165 Å². The molecule has 2 fully saturated rings. The number of piperazine rings is 2. The molecule has 2 amide bonds. The van der Waals surface area contributed by atoms with Crippen molar-refractivity contribution < 1.29 is 30.7 Å². The van der Waals surface area contributed by atoms with Gasteiger partial charge in [0.1, 0.15) is 35.7 Å². The normalized spacial score (nSPS) is 14.1. The molecule has 0 bridgehead atoms. The quantitative estimate of drug-likeness (QED) is 0.0857. The van der Waals surface area contributed by atoms with Gasteiger partial charge in [-0.3, -0.25) is 14.9 Å². The molecule has 2 aromatic carbocycles. The molecule has 2 aromatic heterocycles. The number of benzene rings is 2. The zero-order valence-electron chi connectivity index (χ0n) is 30.9. The van der Waals surface area contributed by atoms with Crippen LogP contribution < -0.4 is 16.0 Å². The molecule has 5 N–H and O–H groups in total. The molecule has 15 heteroatoms. The summed E-state index contributed by atoms with van der Waals surface area (Å²) in [6, 6.07) is 14.6. The Kier molecular flexibility index (Phi) is 18.1. The number of pyridine rings is 2. The molecule has 0 radical (unpaired) electrons. The second-order valence-corrected chi connectivity index (χ2v) is 12.7. The highest BCUT2D eigenvalue weighted by Gasteiger charge is 2.23. The van der Waals surface area contributed by atoms with Crippen LogP contribution in [0.1, 0.15) is 12.6 Å². The number of carbonyl (C=O) groups is 2. The van der Waals surface area contributed by atoms with Crippen molar-refractivity contribution in [2.75, 3.05) is 91.8 Å². The van der Waals surface area contributed by atoms with E-state index in [0.717, 1.165) is 67.7 Å². The fourth-order valence-corrected chi connectivity index (χ4v) is 6.02.